The summed E-state index contributed by atoms with van der Waals surface area (Å²) in [4.78, 5) is 3.98. The lowest BCUT2D eigenvalue weighted by molar-refractivity contribution is 0.769. The van der Waals surface area contributed by atoms with Crippen molar-refractivity contribution in [1.82, 2.24) is 4.98 Å². The molecule has 13 heavy (non-hydrogen) atoms. The van der Waals surface area contributed by atoms with Gasteiger partial charge >= 0.3 is 0 Å². The maximum absolute atomic E-state index is 5.78. The maximum atomic E-state index is 5.78. The van der Waals surface area contributed by atoms with Crippen LogP contribution >= 0.6 is 27.5 Å². The molecule has 1 heterocycles. The molecule has 0 fully saturated rings. The number of aromatic nitrogens is 1. The van der Waals surface area contributed by atoms with Gasteiger partial charge in [0.05, 0.1) is 10.2 Å². The summed E-state index contributed by atoms with van der Waals surface area (Å²) in [5.41, 5.74) is 1.04. The number of hydrogen-bond donors (Lipinski definition) is 1. The molecule has 1 N–H and O–H groups in total. The third-order valence-electron chi connectivity index (χ3n) is 1.81. The Morgan fingerprint density at radius 1 is 1.69 bits per heavy atom. The molecule has 1 aromatic heterocycles. The highest BCUT2D eigenvalue weighted by Gasteiger charge is 2.05. The Morgan fingerprint density at radius 3 is 3.00 bits per heavy atom. The summed E-state index contributed by atoms with van der Waals surface area (Å²) in [6.45, 7) is 2.11. The van der Waals surface area contributed by atoms with Crippen molar-refractivity contribution in [2.24, 2.45) is 0 Å². The zero-order valence-corrected chi connectivity index (χ0v) is 9.77. The lowest BCUT2D eigenvalue weighted by Gasteiger charge is -2.15. The SMILES string of the molecule is CCC(CCl)Nc1ccncc1Br. The highest BCUT2D eigenvalue weighted by molar-refractivity contribution is 9.10. The molecular weight excluding hydrogens is 251 g/mol. The molecular formula is C9H12BrClN2. The number of rotatable bonds is 4. The molecule has 0 aromatic carbocycles. The fraction of sp³-hybridized carbons (Fsp3) is 0.444. The lowest BCUT2D eigenvalue weighted by Crippen LogP contribution is -2.20. The molecule has 0 saturated heterocycles. The second-order valence-corrected chi connectivity index (χ2v) is 3.92. The molecule has 2 nitrogen and oxygen atoms in total. The molecule has 1 atom stereocenters. The van der Waals surface area contributed by atoms with Gasteiger partial charge in [0.25, 0.3) is 0 Å². The first kappa shape index (κ1) is 10.8. The van der Waals surface area contributed by atoms with Crippen LogP contribution in [0.1, 0.15) is 13.3 Å². The van der Waals surface area contributed by atoms with Crippen LogP contribution in [0.4, 0.5) is 5.69 Å². The van der Waals surface area contributed by atoms with Crippen LogP contribution in [-0.4, -0.2) is 16.9 Å². The van der Waals surface area contributed by atoms with Gasteiger partial charge in [-0.1, -0.05) is 6.92 Å². The second-order valence-electron chi connectivity index (χ2n) is 2.76. The topological polar surface area (TPSA) is 24.9 Å². The molecule has 0 aliphatic carbocycles. The van der Waals surface area contributed by atoms with E-state index < -0.39 is 0 Å². The van der Waals surface area contributed by atoms with Crippen LogP contribution < -0.4 is 5.32 Å². The van der Waals surface area contributed by atoms with Gasteiger partial charge in [-0.25, -0.2) is 0 Å². The first-order valence-electron chi connectivity index (χ1n) is 4.20. The molecule has 4 heteroatoms. The van der Waals surface area contributed by atoms with Crippen LogP contribution in [0.3, 0.4) is 0 Å². The van der Waals surface area contributed by atoms with Gasteiger partial charge < -0.3 is 5.32 Å². The van der Waals surface area contributed by atoms with Gasteiger partial charge in [-0.15, -0.1) is 11.6 Å². The molecule has 0 radical (unpaired) electrons. The van der Waals surface area contributed by atoms with E-state index in [1.54, 1.807) is 12.4 Å². The van der Waals surface area contributed by atoms with Gasteiger partial charge in [-0.2, -0.15) is 0 Å². The van der Waals surface area contributed by atoms with E-state index in [0.29, 0.717) is 11.9 Å². The van der Waals surface area contributed by atoms with Crippen LogP contribution in [-0.2, 0) is 0 Å². The van der Waals surface area contributed by atoms with Crippen molar-refractivity contribution in [1.29, 1.82) is 0 Å². The minimum Gasteiger partial charge on any atom is -0.380 e. The summed E-state index contributed by atoms with van der Waals surface area (Å²) >= 11 is 9.19. The van der Waals surface area contributed by atoms with E-state index in [0.717, 1.165) is 16.6 Å². The van der Waals surface area contributed by atoms with Crippen LogP contribution in [0.5, 0.6) is 0 Å². The third-order valence-corrected chi connectivity index (χ3v) is 2.82. The van der Waals surface area contributed by atoms with E-state index in [9.17, 15) is 0 Å². The number of nitrogens with zero attached hydrogens (tertiary/aromatic N) is 1. The summed E-state index contributed by atoms with van der Waals surface area (Å²) < 4.78 is 0.971. The van der Waals surface area contributed by atoms with Crippen LogP contribution in [0.25, 0.3) is 0 Å². The molecule has 72 valence electrons. The van der Waals surface area contributed by atoms with Crippen molar-refractivity contribution < 1.29 is 0 Å². The van der Waals surface area contributed by atoms with Crippen LogP contribution in [0.15, 0.2) is 22.9 Å². The average molecular weight is 264 g/mol. The predicted octanol–water partition coefficient (Wildman–Crippen LogP) is 3.27. The van der Waals surface area contributed by atoms with Crippen LogP contribution in [0, 0.1) is 0 Å². The molecule has 0 saturated carbocycles. The van der Waals surface area contributed by atoms with E-state index in [1.165, 1.54) is 0 Å². The summed E-state index contributed by atoms with van der Waals surface area (Å²) in [5.74, 6) is 0.616. The summed E-state index contributed by atoms with van der Waals surface area (Å²) in [5, 5.41) is 3.33. The van der Waals surface area contributed by atoms with E-state index >= 15 is 0 Å². The predicted molar refractivity (Wildman–Crippen MR) is 60.4 cm³/mol. The summed E-state index contributed by atoms with van der Waals surface area (Å²) in [6, 6.07) is 2.25. The average Bonchev–Trinajstić information content (AvgIpc) is 2.17. The Morgan fingerprint density at radius 2 is 2.46 bits per heavy atom. The zero-order chi connectivity index (χ0) is 9.68. The summed E-state index contributed by atoms with van der Waals surface area (Å²) in [7, 11) is 0. The molecule has 0 spiro atoms. The van der Waals surface area contributed by atoms with Crippen molar-refractivity contribution in [2.45, 2.75) is 19.4 Å². The van der Waals surface area contributed by atoms with Gasteiger partial charge in [0.1, 0.15) is 0 Å². The first-order chi connectivity index (χ1) is 6.27. The van der Waals surface area contributed by atoms with Crippen LogP contribution in [0.2, 0.25) is 0 Å². The van der Waals surface area contributed by atoms with Crippen molar-refractivity contribution in [3.8, 4) is 0 Å². The number of alkyl halides is 1. The number of pyridine rings is 1. The lowest BCUT2D eigenvalue weighted by atomic mass is 10.2. The van der Waals surface area contributed by atoms with Crippen molar-refractivity contribution in [2.75, 3.05) is 11.2 Å². The Labute approximate surface area is 91.8 Å². The van der Waals surface area contributed by atoms with E-state index in [1.807, 2.05) is 6.07 Å². The first-order valence-corrected chi connectivity index (χ1v) is 5.52. The molecule has 0 bridgehead atoms. The zero-order valence-electron chi connectivity index (χ0n) is 7.43. The number of halogens is 2. The normalized spacial score (nSPS) is 12.5. The van der Waals surface area contributed by atoms with Gasteiger partial charge in [-0.05, 0) is 28.4 Å². The third kappa shape index (κ3) is 3.16. The fourth-order valence-corrected chi connectivity index (χ4v) is 1.62. The smallest absolute Gasteiger partial charge is 0.0590 e. The minimum absolute atomic E-state index is 0.320. The Balaban J connectivity index is 2.67. The van der Waals surface area contributed by atoms with Crippen molar-refractivity contribution in [3.05, 3.63) is 22.9 Å². The Hall–Kier alpha value is -0.280. The highest BCUT2D eigenvalue weighted by atomic mass is 79.9. The number of anilines is 1. The monoisotopic (exact) mass is 262 g/mol. The van der Waals surface area contributed by atoms with Gasteiger partial charge in [0.2, 0.25) is 0 Å². The molecule has 0 aliphatic rings. The summed E-state index contributed by atoms with van der Waals surface area (Å²) in [6.07, 6.45) is 4.54. The molecule has 1 rings (SSSR count). The standard InChI is InChI=1S/C9H12BrClN2/c1-2-7(5-11)13-9-3-4-12-6-8(9)10/h3-4,6-7H,2,5H2,1H3,(H,12,13). The van der Waals surface area contributed by atoms with E-state index in [2.05, 4.69) is 33.2 Å². The van der Waals surface area contributed by atoms with Crippen molar-refractivity contribution >= 4 is 33.2 Å². The Bertz CT molecular complexity index is 264. The minimum atomic E-state index is 0.320. The van der Waals surface area contributed by atoms with E-state index in [4.69, 9.17) is 11.6 Å². The molecule has 0 aliphatic heterocycles. The van der Waals surface area contributed by atoms with Crippen molar-refractivity contribution in [3.63, 3.8) is 0 Å². The van der Waals surface area contributed by atoms with E-state index in [-0.39, 0.29) is 0 Å². The largest absolute Gasteiger partial charge is 0.380 e. The number of hydrogen-bond acceptors (Lipinski definition) is 2. The molecule has 1 aromatic rings. The maximum Gasteiger partial charge on any atom is 0.0590 e. The fourth-order valence-electron chi connectivity index (χ4n) is 0.962. The number of nitrogens with one attached hydrogen (secondary N) is 1. The molecule has 1 unspecified atom stereocenters. The van der Waals surface area contributed by atoms with Gasteiger partial charge in [-0.3, -0.25) is 4.98 Å². The van der Waals surface area contributed by atoms with Gasteiger partial charge in [0.15, 0.2) is 0 Å². The Kier molecular flexibility index (Phi) is 4.53. The van der Waals surface area contributed by atoms with Gasteiger partial charge in [0, 0.05) is 24.3 Å². The quantitative estimate of drug-likeness (QED) is 0.843. The highest BCUT2D eigenvalue weighted by Crippen LogP contribution is 2.21. The second kappa shape index (κ2) is 5.45. The molecule has 0 amide bonds.